The van der Waals surface area contributed by atoms with Crippen molar-refractivity contribution in [2.24, 2.45) is 0 Å². The molecular formula is C18H18BrF3N2O3S. The second-order valence-corrected chi connectivity index (χ2v) is 9.14. The molecule has 0 amide bonds. The van der Waals surface area contributed by atoms with Gasteiger partial charge in [0.05, 0.1) is 0 Å². The van der Waals surface area contributed by atoms with E-state index >= 15 is 0 Å². The average molecular weight is 479 g/mol. The fraction of sp³-hybridized carbons (Fsp3) is 0.333. The highest BCUT2D eigenvalue weighted by molar-refractivity contribution is 9.10. The summed E-state index contributed by atoms with van der Waals surface area (Å²) in [7, 11) is -4.14. The molecule has 3 rings (SSSR count). The van der Waals surface area contributed by atoms with Crippen LogP contribution in [0.2, 0.25) is 0 Å². The Morgan fingerprint density at radius 3 is 2.29 bits per heavy atom. The van der Waals surface area contributed by atoms with Crippen LogP contribution < -0.4 is 9.64 Å². The maximum atomic E-state index is 13.0. The van der Waals surface area contributed by atoms with E-state index in [2.05, 4.69) is 25.6 Å². The molecule has 0 spiro atoms. The van der Waals surface area contributed by atoms with Crippen LogP contribution in [0.15, 0.2) is 51.8 Å². The molecule has 0 aromatic heterocycles. The summed E-state index contributed by atoms with van der Waals surface area (Å²) < 4.78 is 69.5. The Hall–Kier alpha value is -1.78. The second-order valence-electron chi connectivity index (χ2n) is 6.32. The van der Waals surface area contributed by atoms with Crippen molar-refractivity contribution in [2.75, 3.05) is 31.1 Å². The Kier molecular flexibility index (Phi) is 5.92. The van der Waals surface area contributed by atoms with Crippen molar-refractivity contribution in [1.29, 1.82) is 0 Å². The molecule has 2 aromatic rings. The van der Waals surface area contributed by atoms with Gasteiger partial charge in [0.2, 0.25) is 10.0 Å². The lowest BCUT2D eigenvalue weighted by molar-refractivity contribution is -0.275. The monoisotopic (exact) mass is 478 g/mol. The molecule has 1 heterocycles. The zero-order chi connectivity index (χ0) is 20.5. The normalized spacial score (nSPS) is 16.2. The predicted molar refractivity (Wildman–Crippen MR) is 103 cm³/mol. The average Bonchev–Trinajstić information content (AvgIpc) is 2.61. The molecule has 5 nitrogen and oxygen atoms in total. The van der Waals surface area contributed by atoms with Gasteiger partial charge in [0.1, 0.15) is 4.90 Å². The highest BCUT2D eigenvalue weighted by Gasteiger charge is 2.36. The maximum absolute atomic E-state index is 13.0. The van der Waals surface area contributed by atoms with Crippen LogP contribution in [0.25, 0.3) is 0 Å². The van der Waals surface area contributed by atoms with Gasteiger partial charge < -0.3 is 9.64 Å². The van der Waals surface area contributed by atoms with Gasteiger partial charge in [-0.3, -0.25) is 0 Å². The summed E-state index contributed by atoms with van der Waals surface area (Å²) in [4.78, 5) is 1.56. The number of alkyl halides is 3. The molecule has 28 heavy (non-hydrogen) atoms. The highest BCUT2D eigenvalue weighted by atomic mass is 79.9. The molecule has 0 aliphatic carbocycles. The van der Waals surface area contributed by atoms with E-state index in [1.165, 1.54) is 10.4 Å². The summed E-state index contributed by atoms with van der Waals surface area (Å²) in [5, 5.41) is 0. The van der Waals surface area contributed by atoms with Crippen molar-refractivity contribution in [3.05, 3.63) is 52.5 Å². The molecule has 0 atom stereocenters. The van der Waals surface area contributed by atoms with Gasteiger partial charge in [-0.05, 0) is 36.8 Å². The standard InChI is InChI=1S/C18H18BrF3N2O3S/c1-13-4-2-3-5-15(13)23-8-10-24(11-9-23)28(25,26)17-7-6-14(19)12-16(17)27-18(20,21)22/h2-7,12H,8-11H2,1H3. The van der Waals surface area contributed by atoms with Crippen LogP contribution in [0, 0.1) is 6.92 Å². The minimum atomic E-state index is -4.99. The van der Waals surface area contributed by atoms with Gasteiger partial charge in [-0.1, -0.05) is 34.1 Å². The number of aryl methyl sites for hydroxylation is 1. The van der Waals surface area contributed by atoms with E-state index in [4.69, 9.17) is 0 Å². The highest BCUT2D eigenvalue weighted by Crippen LogP contribution is 2.34. The molecule has 1 aliphatic rings. The van der Waals surface area contributed by atoms with E-state index < -0.39 is 27.0 Å². The summed E-state index contributed by atoms with van der Waals surface area (Å²) in [6.45, 7) is 3.18. The van der Waals surface area contributed by atoms with Crippen molar-refractivity contribution in [3.8, 4) is 5.75 Å². The van der Waals surface area contributed by atoms with Crippen LogP contribution in [0.5, 0.6) is 5.75 Å². The van der Waals surface area contributed by atoms with Gasteiger partial charge in [-0.15, -0.1) is 13.2 Å². The number of anilines is 1. The van der Waals surface area contributed by atoms with E-state index in [0.29, 0.717) is 13.1 Å². The van der Waals surface area contributed by atoms with Gasteiger partial charge >= 0.3 is 6.36 Å². The Morgan fingerprint density at radius 1 is 1.04 bits per heavy atom. The zero-order valence-corrected chi connectivity index (χ0v) is 17.3. The van der Waals surface area contributed by atoms with Crippen LogP contribution in [-0.4, -0.2) is 45.3 Å². The molecule has 2 aromatic carbocycles. The van der Waals surface area contributed by atoms with Gasteiger partial charge in [-0.25, -0.2) is 8.42 Å². The number of para-hydroxylation sites is 1. The van der Waals surface area contributed by atoms with E-state index in [9.17, 15) is 21.6 Å². The van der Waals surface area contributed by atoms with Crippen LogP contribution in [0.3, 0.4) is 0 Å². The third-order valence-corrected chi connectivity index (χ3v) is 6.88. The van der Waals surface area contributed by atoms with E-state index in [-0.39, 0.29) is 17.6 Å². The van der Waals surface area contributed by atoms with E-state index in [1.54, 1.807) is 0 Å². The van der Waals surface area contributed by atoms with E-state index in [1.807, 2.05) is 31.2 Å². The molecule has 1 aliphatic heterocycles. The molecule has 0 saturated carbocycles. The first-order valence-corrected chi connectivity index (χ1v) is 10.7. The third kappa shape index (κ3) is 4.61. The number of rotatable bonds is 4. The summed E-state index contributed by atoms with van der Waals surface area (Å²) in [5.74, 6) is -0.747. The fourth-order valence-corrected chi connectivity index (χ4v) is 4.98. The van der Waals surface area contributed by atoms with Crippen LogP contribution in [-0.2, 0) is 10.0 Å². The topological polar surface area (TPSA) is 49.9 Å². The largest absolute Gasteiger partial charge is 0.573 e. The summed E-state index contributed by atoms with van der Waals surface area (Å²) in [6, 6.07) is 11.3. The van der Waals surface area contributed by atoms with Crippen LogP contribution >= 0.6 is 15.9 Å². The molecule has 0 unspecified atom stereocenters. The number of sulfonamides is 1. The number of ether oxygens (including phenoxy) is 1. The molecule has 0 bridgehead atoms. The minimum Gasteiger partial charge on any atom is -0.404 e. The van der Waals surface area contributed by atoms with Gasteiger partial charge in [0.25, 0.3) is 0 Å². The van der Waals surface area contributed by atoms with Gasteiger partial charge in [0, 0.05) is 36.3 Å². The molecule has 0 N–H and O–H groups in total. The third-order valence-electron chi connectivity index (χ3n) is 4.44. The molecule has 152 valence electrons. The molecule has 1 fully saturated rings. The number of halogens is 4. The van der Waals surface area contributed by atoms with Crippen molar-refractivity contribution >= 4 is 31.6 Å². The Balaban J connectivity index is 1.82. The maximum Gasteiger partial charge on any atom is 0.573 e. The van der Waals surface area contributed by atoms with E-state index in [0.717, 1.165) is 23.4 Å². The van der Waals surface area contributed by atoms with Gasteiger partial charge in [-0.2, -0.15) is 4.31 Å². The minimum absolute atomic E-state index is 0.165. The lowest BCUT2D eigenvalue weighted by Crippen LogP contribution is -2.49. The lowest BCUT2D eigenvalue weighted by Gasteiger charge is -2.36. The van der Waals surface area contributed by atoms with Crippen molar-refractivity contribution in [1.82, 2.24) is 4.31 Å². The first kappa shape index (κ1) is 20.9. The summed E-state index contributed by atoms with van der Waals surface area (Å²) in [6.07, 6.45) is -4.99. The Bertz CT molecular complexity index is 959. The van der Waals surface area contributed by atoms with Crippen molar-refractivity contribution in [2.45, 2.75) is 18.2 Å². The van der Waals surface area contributed by atoms with Crippen LogP contribution in [0.4, 0.5) is 18.9 Å². The smallest absolute Gasteiger partial charge is 0.404 e. The van der Waals surface area contributed by atoms with Gasteiger partial charge in [0.15, 0.2) is 5.75 Å². The van der Waals surface area contributed by atoms with Crippen LogP contribution in [0.1, 0.15) is 5.56 Å². The zero-order valence-electron chi connectivity index (χ0n) is 14.9. The summed E-state index contributed by atoms with van der Waals surface area (Å²) in [5.41, 5.74) is 2.09. The number of nitrogens with zero attached hydrogens (tertiary/aromatic N) is 2. The fourth-order valence-electron chi connectivity index (χ4n) is 3.13. The predicted octanol–water partition coefficient (Wildman–Crippen LogP) is 4.17. The number of hydrogen-bond acceptors (Lipinski definition) is 4. The Morgan fingerprint density at radius 2 is 1.68 bits per heavy atom. The van der Waals surface area contributed by atoms with Crippen molar-refractivity contribution < 1.29 is 26.3 Å². The Labute approximate surface area is 169 Å². The lowest BCUT2D eigenvalue weighted by atomic mass is 10.1. The number of hydrogen-bond donors (Lipinski definition) is 0. The quantitative estimate of drug-likeness (QED) is 0.661. The molecule has 10 heteroatoms. The first-order valence-electron chi connectivity index (χ1n) is 8.44. The summed E-state index contributed by atoms with van der Waals surface area (Å²) >= 11 is 3.04. The van der Waals surface area contributed by atoms with Crippen molar-refractivity contribution in [3.63, 3.8) is 0 Å². The SMILES string of the molecule is Cc1ccccc1N1CCN(S(=O)(=O)c2ccc(Br)cc2OC(F)(F)F)CC1. The number of piperazine rings is 1. The molecular weight excluding hydrogens is 461 g/mol. The number of benzene rings is 2. The second kappa shape index (κ2) is 7.92. The first-order chi connectivity index (χ1) is 13.1. The molecule has 0 radical (unpaired) electrons. The molecule has 1 saturated heterocycles.